The lowest BCUT2D eigenvalue weighted by Gasteiger charge is -2.07. The Hall–Kier alpha value is -4.99. The van der Waals surface area contributed by atoms with Gasteiger partial charge < -0.3 is 10.3 Å². The Balaban J connectivity index is 1.37. The van der Waals surface area contributed by atoms with Gasteiger partial charge in [-0.3, -0.25) is 19.9 Å². The topological polar surface area (TPSA) is 125 Å². The molecule has 0 aliphatic rings. The van der Waals surface area contributed by atoms with E-state index in [1.165, 1.54) is 12.1 Å². The highest BCUT2D eigenvalue weighted by molar-refractivity contribution is 5.96. The highest BCUT2D eigenvalue weighted by Crippen LogP contribution is 2.31. The summed E-state index contributed by atoms with van der Waals surface area (Å²) >= 11 is 0. The number of hydrogen-bond acceptors (Lipinski definition) is 6. The number of fused-ring (bicyclic) bond motifs is 2. The van der Waals surface area contributed by atoms with Gasteiger partial charge in [-0.2, -0.15) is 5.10 Å². The van der Waals surface area contributed by atoms with E-state index >= 15 is 0 Å². The second kappa shape index (κ2) is 9.81. The van der Waals surface area contributed by atoms with E-state index in [-0.39, 0.29) is 11.7 Å². The molecule has 0 atom stereocenters. The number of H-pyrrole nitrogens is 2. The van der Waals surface area contributed by atoms with Crippen molar-refractivity contribution < 1.29 is 9.18 Å². The van der Waals surface area contributed by atoms with Gasteiger partial charge in [-0.25, -0.2) is 14.4 Å². The number of benzene rings is 1. The summed E-state index contributed by atoms with van der Waals surface area (Å²) in [5.41, 5.74) is 7.02. The molecule has 1 amide bonds. The van der Waals surface area contributed by atoms with Crippen molar-refractivity contribution in [2.24, 2.45) is 0 Å². The second-order valence-corrected chi connectivity index (χ2v) is 8.95. The van der Waals surface area contributed by atoms with Gasteiger partial charge in [0.2, 0.25) is 5.91 Å². The molecule has 0 radical (unpaired) electrons. The highest BCUT2D eigenvalue weighted by Gasteiger charge is 2.17. The molecule has 0 aliphatic heterocycles. The number of nitrogens with one attached hydrogen (secondary N) is 3. The van der Waals surface area contributed by atoms with E-state index in [1.807, 2.05) is 25.1 Å². The van der Waals surface area contributed by atoms with Gasteiger partial charge in [-0.05, 0) is 42.3 Å². The Bertz CT molecular complexity index is 1770. The largest absolute Gasteiger partial charge is 0.335 e. The summed E-state index contributed by atoms with van der Waals surface area (Å²) in [7, 11) is 0. The maximum absolute atomic E-state index is 13.5. The molecular formula is C28H23FN8O. The van der Waals surface area contributed by atoms with Gasteiger partial charge in [0.25, 0.3) is 0 Å². The smallest absolute Gasteiger partial charge is 0.224 e. The van der Waals surface area contributed by atoms with Crippen molar-refractivity contribution in [3.05, 3.63) is 73.1 Å². The van der Waals surface area contributed by atoms with E-state index in [0.29, 0.717) is 40.4 Å². The summed E-state index contributed by atoms with van der Waals surface area (Å²) in [4.78, 5) is 33.7. The zero-order chi connectivity index (χ0) is 26.1. The zero-order valence-corrected chi connectivity index (χ0v) is 20.5. The van der Waals surface area contributed by atoms with Crippen molar-refractivity contribution in [3.8, 4) is 33.9 Å². The fraction of sp³-hybridized carbons (Fsp3) is 0.143. The van der Waals surface area contributed by atoms with Crippen molar-refractivity contribution in [3.63, 3.8) is 0 Å². The van der Waals surface area contributed by atoms with E-state index in [1.54, 1.807) is 36.9 Å². The molecular weight excluding hydrogens is 483 g/mol. The van der Waals surface area contributed by atoms with Crippen molar-refractivity contribution in [2.45, 2.75) is 26.2 Å². The number of imidazole rings is 1. The number of rotatable bonds is 7. The average molecular weight is 507 g/mol. The van der Waals surface area contributed by atoms with E-state index in [9.17, 15) is 9.18 Å². The first-order valence-electron chi connectivity index (χ1n) is 12.3. The SMILES string of the molecule is CCCCC(=O)Nc1cncc(-c2ccc3[nH]nc(-c4nc5c(-c6ccc(F)cc6)cncc5[nH]4)c3n2)c1. The molecule has 0 saturated carbocycles. The van der Waals surface area contributed by atoms with Crippen LogP contribution >= 0.6 is 0 Å². The molecule has 9 nitrogen and oxygen atoms in total. The van der Waals surface area contributed by atoms with Gasteiger partial charge in [0.05, 0.1) is 40.3 Å². The lowest BCUT2D eigenvalue weighted by atomic mass is 10.1. The van der Waals surface area contributed by atoms with Crippen molar-refractivity contribution >= 4 is 33.7 Å². The summed E-state index contributed by atoms with van der Waals surface area (Å²) < 4.78 is 13.5. The number of nitrogens with zero attached hydrogens (tertiary/aromatic N) is 5. The third kappa shape index (κ3) is 4.47. The minimum atomic E-state index is -0.305. The quantitative estimate of drug-likeness (QED) is 0.248. The Kier molecular flexibility index (Phi) is 6.04. The molecule has 0 unspecified atom stereocenters. The third-order valence-electron chi connectivity index (χ3n) is 6.26. The lowest BCUT2D eigenvalue weighted by molar-refractivity contribution is -0.116. The normalized spacial score (nSPS) is 11.3. The molecule has 6 aromatic rings. The van der Waals surface area contributed by atoms with Crippen LogP contribution in [0.1, 0.15) is 26.2 Å². The van der Waals surface area contributed by atoms with Crippen LogP contribution in [0, 0.1) is 5.82 Å². The molecule has 0 bridgehead atoms. The van der Waals surface area contributed by atoms with Crippen LogP contribution in [0.4, 0.5) is 10.1 Å². The molecule has 0 saturated heterocycles. The number of halogens is 1. The lowest BCUT2D eigenvalue weighted by Crippen LogP contribution is -2.11. The Morgan fingerprint density at radius 2 is 1.76 bits per heavy atom. The second-order valence-electron chi connectivity index (χ2n) is 8.95. The molecule has 0 fully saturated rings. The van der Waals surface area contributed by atoms with Gasteiger partial charge in [0.1, 0.15) is 11.3 Å². The minimum absolute atomic E-state index is 0.0364. The first-order valence-corrected chi connectivity index (χ1v) is 12.3. The monoisotopic (exact) mass is 506 g/mol. The van der Waals surface area contributed by atoms with Gasteiger partial charge in [0, 0.05) is 29.9 Å². The fourth-order valence-corrected chi connectivity index (χ4v) is 4.32. The summed E-state index contributed by atoms with van der Waals surface area (Å²) in [6.45, 7) is 2.05. The maximum atomic E-state index is 13.5. The molecule has 1 aromatic carbocycles. The van der Waals surface area contributed by atoms with E-state index in [4.69, 9.17) is 9.97 Å². The van der Waals surface area contributed by atoms with E-state index in [2.05, 4.69) is 30.5 Å². The number of pyridine rings is 3. The molecule has 38 heavy (non-hydrogen) atoms. The fourth-order valence-electron chi connectivity index (χ4n) is 4.32. The molecule has 188 valence electrons. The minimum Gasteiger partial charge on any atom is -0.335 e. The van der Waals surface area contributed by atoms with Crippen LogP contribution in [0.25, 0.3) is 56.0 Å². The first-order chi connectivity index (χ1) is 18.6. The number of amides is 1. The summed E-state index contributed by atoms with van der Waals surface area (Å²) in [6, 6.07) is 11.9. The Morgan fingerprint density at radius 3 is 2.61 bits per heavy atom. The Labute approximate surface area is 216 Å². The molecule has 0 aliphatic carbocycles. The number of hydrogen-bond donors (Lipinski definition) is 3. The number of aromatic amines is 2. The summed E-state index contributed by atoms with van der Waals surface area (Å²) in [5, 5.41) is 10.4. The van der Waals surface area contributed by atoms with Crippen LogP contribution in [0.2, 0.25) is 0 Å². The van der Waals surface area contributed by atoms with Gasteiger partial charge >= 0.3 is 0 Å². The van der Waals surface area contributed by atoms with Crippen LogP contribution in [0.15, 0.2) is 67.3 Å². The van der Waals surface area contributed by atoms with Crippen LogP contribution in [0.5, 0.6) is 0 Å². The first kappa shape index (κ1) is 23.4. The van der Waals surface area contributed by atoms with E-state index in [0.717, 1.165) is 40.6 Å². The predicted molar refractivity (Wildman–Crippen MR) is 144 cm³/mol. The molecule has 6 rings (SSSR count). The highest BCUT2D eigenvalue weighted by atomic mass is 19.1. The van der Waals surface area contributed by atoms with E-state index < -0.39 is 0 Å². The van der Waals surface area contributed by atoms with Crippen LogP contribution in [-0.4, -0.2) is 41.0 Å². The number of unbranched alkanes of at least 4 members (excludes halogenated alkanes) is 1. The average Bonchev–Trinajstić information content (AvgIpc) is 3.56. The molecule has 5 heterocycles. The third-order valence-corrected chi connectivity index (χ3v) is 6.26. The number of carbonyl (C=O) groups is 1. The van der Waals surface area contributed by atoms with Crippen LogP contribution in [-0.2, 0) is 4.79 Å². The molecule has 5 aromatic heterocycles. The van der Waals surface area contributed by atoms with Crippen molar-refractivity contribution in [1.29, 1.82) is 0 Å². The Morgan fingerprint density at radius 1 is 0.921 bits per heavy atom. The van der Waals surface area contributed by atoms with Crippen molar-refractivity contribution in [1.82, 2.24) is 35.1 Å². The number of carbonyl (C=O) groups excluding carboxylic acids is 1. The summed E-state index contributed by atoms with van der Waals surface area (Å²) in [6.07, 6.45) is 8.99. The van der Waals surface area contributed by atoms with Gasteiger partial charge in [-0.1, -0.05) is 25.5 Å². The standard InChI is InChI=1S/C28H23FN8O/c1-2-3-4-24(38)32-19-11-17(12-30-13-19)21-9-10-22-26(33-21)27(37-36-22)28-34-23-15-31-14-20(25(23)35-28)16-5-7-18(29)8-6-16/h5-15H,2-4H2,1H3,(H,32,38)(H,34,35)(H,36,37). The predicted octanol–water partition coefficient (Wildman–Crippen LogP) is 5.89. The maximum Gasteiger partial charge on any atom is 0.224 e. The van der Waals surface area contributed by atoms with Crippen LogP contribution < -0.4 is 5.32 Å². The zero-order valence-electron chi connectivity index (χ0n) is 20.5. The van der Waals surface area contributed by atoms with Crippen molar-refractivity contribution in [2.75, 3.05) is 5.32 Å². The number of aromatic nitrogens is 7. The summed E-state index contributed by atoms with van der Waals surface area (Å²) in [5.74, 6) is 0.189. The van der Waals surface area contributed by atoms with Gasteiger partial charge in [0.15, 0.2) is 11.5 Å². The molecule has 0 spiro atoms. The van der Waals surface area contributed by atoms with Crippen LogP contribution in [0.3, 0.4) is 0 Å². The molecule has 10 heteroatoms. The van der Waals surface area contributed by atoms with Gasteiger partial charge in [-0.15, -0.1) is 0 Å². The molecule has 3 N–H and O–H groups in total. The number of anilines is 1.